The van der Waals surface area contributed by atoms with Gasteiger partial charge in [-0.1, -0.05) is 36.0 Å². The molecule has 0 radical (unpaired) electrons. The van der Waals surface area contributed by atoms with Crippen LogP contribution in [0.15, 0.2) is 34.7 Å². The Morgan fingerprint density at radius 1 is 1.36 bits per heavy atom. The fraction of sp³-hybridized carbons (Fsp3) is 0.250. The van der Waals surface area contributed by atoms with Crippen LogP contribution in [0.4, 0.5) is 0 Å². The summed E-state index contributed by atoms with van der Waals surface area (Å²) in [5.41, 5.74) is 2.35. The highest BCUT2D eigenvalue weighted by Gasteiger charge is 2.31. The molecule has 70 valence electrons. The molecule has 2 rings (SSSR count). The minimum atomic E-state index is -0.394. The molecule has 1 nitrogen and oxygen atoms in total. The van der Waals surface area contributed by atoms with Crippen molar-refractivity contribution >= 4 is 17.8 Å². The fourth-order valence-corrected chi connectivity index (χ4v) is 2.57. The average Bonchev–Trinajstić information content (AvgIpc) is 2.20. The Labute approximate surface area is 88.4 Å². The molecule has 1 aromatic carbocycles. The summed E-state index contributed by atoms with van der Waals surface area (Å²) in [4.78, 5) is 1.20. The molecule has 0 N–H and O–H groups in total. The number of benzene rings is 1. The van der Waals surface area contributed by atoms with Crippen molar-refractivity contribution in [1.82, 2.24) is 0 Å². The third-order valence-corrected chi connectivity index (χ3v) is 3.98. The molecule has 1 unspecified atom stereocenters. The molecular formula is C12H11NS. The topological polar surface area (TPSA) is 23.8 Å². The van der Waals surface area contributed by atoms with Gasteiger partial charge in [0.1, 0.15) is 4.75 Å². The Bertz CT molecular complexity index is 442. The number of thioether (sulfide) groups is 1. The summed E-state index contributed by atoms with van der Waals surface area (Å²) in [5, 5.41) is 9.13. The summed E-state index contributed by atoms with van der Waals surface area (Å²) in [7, 11) is 0. The second-order valence-electron chi connectivity index (χ2n) is 3.61. The molecule has 0 aliphatic carbocycles. The lowest BCUT2D eigenvalue weighted by Gasteiger charge is -2.27. The van der Waals surface area contributed by atoms with Crippen molar-refractivity contribution in [2.45, 2.75) is 23.5 Å². The molecule has 0 fully saturated rings. The van der Waals surface area contributed by atoms with Crippen LogP contribution in [-0.4, -0.2) is 4.75 Å². The van der Waals surface area contributed by atoms with Gasteiger partial charge in [-0.05, 0) is 31.1 Å². The van der Waals surface area contributed by atoms with E-state index in [0.29, 0.717) is 0 Å². The van der Waals surface area contributed by atoms with Gasteiger partial charge in [-0.3, -0.25) is 0 Å². The second-order valence-corrected chi connectivity index (χ2v) is 5.07. The lowest BCUT2D eigenvalue weighted by atomic mass is 10.00. The van der Waals surface area contributed by atoms with Crippen molar-refractivity contribution in [2.75, 3.05) is 0 Å². The predicted molar refractivity (Wildman–Crippen MR) is 60.0 cm³/mol. The molecular weight excluding hydrogens is 190 g/mol. The second kappa shape index (κ2) is 3.18. The van der Waals surface area contributed by atoms with E-state index in [1.54, 1.807) is 11.8 Å². The van der Waals surface area contributed by atoms with E-state index in [1.165, 1.54) is 10.5 Å². The number of rotatable bonds is 0. The molecule has 0 aromatic heterocycles. The van der Waals surface area contributed by atoms with Crippen LogP contribution >= 0.6 is 11.8 Å². The van der Waals surface area contributed by atoms with Gasteiger partial charge in [0.05, 0.1) is 6.07 Å². The van der Waals surface area contributed by atoms with Crippen LogP contribution in [0, 0.1) is 11.3 Å². The fourth-order valence-electron chi connectivity index (χ4n) is 1.48. The van der Waals surface area contributed by atoms with Gasteiger partial charge in [0, 0.05) is 4.90 Å². The van der Waals surface area contributed by atoms with E-state index in [1.807, 2.05) is 26.0 Å². The van der Waals surface area contributed by atoms with Crippen molar-refractivity contribution in [1.29, 1.82) is 5.26 Å². The normalized spacial score (nSPS) is 24.8. The van der Waals surface area contributed by atoms with Gasteiger partial charge in [-0.15, -0.1) is 0 Å². The third-order valence-electron chi connectivity index (χ3n) is 2.57. The first kappa shape index (κ1) is 9.36. The monoisotopic (exact) mass is 201 g/mol. The summed E-state index contributed by atoms with van der Waals surface area (Å²) in [5.74, 6) is 0. The van der Waals surface area contributed by atoms with E-state index in [0.717, 1.165) is 5.57 Å². The highest BCUT2D eigenvalue weighted by molar-refractivity contribution is 8.01. The zero-order chi connectivity index (χ0) is 10.2. The van der Waals surface area contributed by atoms with Gasteiger partial charge in [0.15, 0.2) is 0 Å². The summed E-state index contributed by atoms with van der Waals surface area (Å²) in [6.07, 6.45) is 2.11. The molecule has 1 aliphatic rings. The maximum Gasteiger partial charge on any atom is 0.125 e. The predicted octanol–water partition coefficient (Wildman–Crippen LogP) is 3.48. The van der Waals surface area contributed by atoms with Crippen molar-refractivity contribution < 1.29 is 0 Å². The number of fused-ring (bicyclic) bond motifs is 1. The average molecular weight is 201 g/mol. The SMILES string of the molecule is CC1=Cc2ccccc2SC1(C)C#N. The Balaban J connectivity index is 2.55. The van der Waals surface area contributed by atoms with Crippen molar-refractivity contribution in [3.8, 4) is 6.07 Å². The third kappa shape index (κ3) is 1.34. The molecule has 0 saturated carbocycles. The molecule has 0 amide bonds. The molecule has 1 aliphatic heterocycles. The van der Waals surface area contributed by atoms with Gasteiger partial charge in [-0.2, -0.15) is 5.26 Å². The van der Waals surface area contributed by atoms with E-state index in [2.05, 4.69) is 24.3 Å². The number of hydrogen-bond donors (Lipinski definition) is 0. The van der Waals surface area contributed by atoms with E-state index < -0.39 is 4.75 Å². The first-order chi connectivity index (χ1) is 6.65. The van der Waals surface area contributed by atoms with Gasteiger partial charge < -0.3 is 0 Å². The largest absolute Gasteiger partial charge is 0.196 e. The van der Waals surface area contributed by atoms with E-state index in [4.69, 9.17) is 5.26 Å². The maximum atomic E-state index is 9.13. The quantitative estimate of drug-likeness (QED) is 0.641. The summed E-state index contributed by atoms with van der Waals surface area (Å²) in [6.45, 7) is 3.99. The summed E-state index contributed by atoms with van der Waals surface area (Å²) >= 11 is 1.64. The van der Waals surface area contributed by atoms with Gasteiger partial charge in [0.25, 0.3) is 0 Å². The molecule has 2 heteroatoms. The molecule has 0 spiro atoms. The molecule has 1 heterocycles. The van der Waals surface area contributed by atoms with Gasteiger partial charge in [0.2, 0.25) is 0 Å². The molecule has 0 bridgehead atoms. The lowest BCUT2D eigenvalue weighted by Crippen LogP contribution is -2.21. The first-order valence-electron chi connectivity index (χ1n) is 4.54. The maximum absolute atomic E-state index is 9.13. The molecule has 14 heavy (non-hydrogen) atoms. The van der Waals surface area contributed by atoms with Gasteiger partial charge >= 0.3 is 0 Å². The van der Waals surface area contributed by atoms with Crippen LogP contribution in [0.3, 0.4) is 0 Å². The van der Waals surface area contributed by atoms with Crippen LogP contribution in [0.2, 0.25) is 0 Å². The highest BCUT2D eigenvalue weighted by Crippen LogP contribution is 2.44. The van der Waals surface area contributed by atoms with Crippen LogP contribution in [0.25, 0.3) is 6.08 Å². The van der Waals surface area contributed by atoms with Gasteiger partial charge in [-0.25, -0.2) is 0 Å². The molecule has 1 atom stereocenters. The van der Waals surface area contributed by atoms with Crippen molar-refractivity contribution in [2.24, 2.45) is 0 Å². The van der Waals surface area contributed by atoms with Crippen LogP contribution in [0.1, 0.15) is 19.4 Å². The van der Waals surface area contributed by atoms with Crippen molar-refractivity contribution in [3.05, 3.63) is 35.4 Å². The zero-order valence-electron chi connectivity index (χ0n) is 8.24. The summed E-state index contributed by atoms with van der Waals surface area (Å²) < 4.78 is -0.394. The molecule has 0 saturated heterocycles. The Hall–Kier alpha value is -1.20. The lowest BCUT2D eigenvalue weighted by molar-refractivity contribution is 0.938. The zero-order valence-corrected chi connectivity index (χ0v) is 9.06. The molecule has 1 aromatic rings. The highest BCUT2D eigenvalue weighted by atomic mass is 32.2. The minimum absolute atomic E-state index is 0.394. The van der Waals surface area contributed by atoms with Crippen molar-refractivity contribution in [3.63, 3.8) is 0 Å². The van der Waals surface area contributed by atoms with E-state index in [9.17, 15) is 0 Å². The number of nitrogens with zero attached hydrogens (tertiary/aromatic N) is 1. The smallest absolute Gasteiger partial charge is 0.125 e. The van der Waals surface area contributed by atoms with Crippen LogP contribution in [0.5, 0.6) is 0 Å². The standard InChI is InChI=1S/C12H11NS/c1-9-7-10-5-3-4-6-11(10)14-12(9,2)8-13/h3-7H,1-2H3. The summed E-state index contributed by atoms with van der Waals surface area (Å²) in [6, 6.07) is 10.6. The van der Waals surface area contributed by atoms with Crippen LogP contribution in [-0.2, 0) is 0 Å². The van der Waals surface area contributed by atoms with E-state index >= 15 is 0 Å². The van der Waals surface area contributed by atoms with Crippen LogP contribution < -0.4 is 0 Å². The number of nitriles is 1. The Morgan fingerprint density at radius 2 is 2.07 bits per heavy atom. The van der Waals surface area contributed by atoms with E-state index in [-0.39, 0.29) is 0 Å². The Morgan fingerprint density at radius 3 is 2.79 bits per heavy atom. The minimum Gasteiger partial charge on any atom is -0.196 e. The first-order valence-corrected chi connectivity index (χ1v) is 5.35. The Kier molecular flexibility index (Phi) is 2.13. The number of hydrogen-bond acceptors (Lipinski definition) is 2.